The maximum Gasteiger partial charge on any atom is 0.218 e. The van der Waals surface area contributed by atoms with Crippen LogP contribution < -0.4 is 10.2 Å². The second kappa shape index (κ2) is 10.0. The molecule has 4 rings (SSSR count). The Kier molecular flexibility index (Phi) is 6.95. The number of hydrogen-bond donors (Lipinski definition) is 1. The molecule has 2 aliphatic heterocycles. The van der Waals surface area contributed by atoms with Gasteiger partial charge in [0.25, 0.3) is 0 Å². The van der Waals surface area contributed by atoms with Crippen LogP contribution in [-0.4, -0.2) is 47.3 Å². The average molecular weight is 453 g/mol. The number of aryl methyl sites for hydroxylation is 1. The van der Waals surface area contributed by atoms with Crippen LogP contribution in [0.25, 0.3) is 5.57 Å². The molecule has 1 saturated heterocycles. The molecule has 6 nitrogen and oxygen atoms in total. The zero-order chi connectivity index (χ0) is 22.5. The Bertz CT molecular complexity index is 1100. The van der Waals surface area contributed by atoms with E-state index in [9.17, 15) is 4.39 Å². The summed E-state index contributed by atoms with van der Waals surface area (Å²) in [6.45, 7) is 6.16. The number of guanidine groups is 1. The summed E-state index contributed by atoms with van der Waals surface area (Å²) in [7, 11) is 0. The normalized spacial score (nSPS) is 18.6. The average Bonchev–Trinajstić information content (AvgIpc) is 2.85. The van der Waals surface area contributed by atoms with Crippen LogP contribution in [0.5, 0.6) is 0 Å². The Morgan fingerprint density at radius 1 is 1.16 bits per heavy atom. The smallest absolute Gasteiger partial charge is 0.218 e. The Labute approximate surface area is 192 Å². The number of allylic oxidation sites excluding steroid dienone is 3. The fourth-order valence-electron chi connectivity index (χ4n) is 3.87. The van der Waals surface area contributed by atoms with Crippen molar-refractivity contribution < 1.29 is 4.39 Å². The number of anilines is 1. The number of rotatable bonds is 3. The summed E-state index contributed by atoms with van der Waals surface area (Å²) in [5.41, 5.74) is 2.36. The van der Waals surface area contributed by atoms with Gasteiger partial charge >= 0.3 is 0 Å². The van der Waals surface area contributed by atoms with Crippen LogP contribution in [0.15, 0.2) is 58.7 Å². The van der Waals surface area contributed by atoms with Gasteiger partial charge in [-0.25, -0.2) is 24.3 Å². The fourth-order valence-corrected chi connectivity index (χ4v) is 4.13. The molecule has 0 amide bonds. The number of piperidine rings is 1. The maximum atomic E-state index is 13.5. The van der Waals surface area contributed by atoms with E-state index in [1.807, 2.05) is 38.1 Å². The van der Waals surface area contributed by atoms with Crippen LogP contribution in [-0.2, 0) is 0 Å². The van der Waals surface area contributed by atoms with Crippen molar-refractivity contribution in [1.29, 1.82) is 0 Å². The van der Waals surface area contributed by atoms with Gasteiger partial charge in [-0.3, -0.25) is 0 Å². The molecule has 0 atom stereocenters. The van der Waals surface area contributed by atoms with Crippen molar-refractivity contribution in [2.75, 3.05) is 24.5 Å². The molecule has 2 aromatic rings. The van der Waals surface area contributed by atoms with Crippen LogP contribution in [0.1, 0.15) is 31.2 Å². The lowest BCUT2D eigenvalue weighted by Crippen LogP contribution is -2.44. The largest absolute Gasteiger partial charge is 0.356 e. The number of nitrogens with zero attached hydrogens (tertiary/aromatic N) is 5. The van der Waals surface area contributed by atoms with Gasteiger partial charge in [-0.2, -0.15) is 0 Å². The Morgan fingerprint density at radius 3 is 2.72 bits per heavy atom. The van der Waals surface area contributed by atoms with E-state index >= 15 is 0 Å². The summed E-state index contributed by atoms with van der Waals surface area (Å²) >= 11 is 6.31. The molecule has 1 fully saturated rings. The summed E-state index contributed by atoms with van der Waals surface area (Å²) in [6, 6.07) is 6.64. The van der Waals surface area contributed by atoms with E-state index in [1.165, 1.54) is 12.1 Å². The Morgan fingerprint density at radius 2 is 1.97 bits per heavy atom. The predicted octanol–water partition coefficient (Wildman–Crippen LogP) is 4.61. The first-order valence-corrected chi connectivity index (χ1v) is 11.1. The molecule has 0 bridgehead atoms. The monoisotopic (exact) mass is 452 g/mol. The van der Waals surface area contributed by atoms with E-state index in [0.29, 0.717) is 17.5 Å². The number of hydrogen-bond acceptors (Lipinski definition) is 6. The zero-order valence-electron chi connectivity index (χ0n) is 18.2. The van der Waals surface area contributed by atoms with Crippen molar-refractivity contribution in [3.05, 3.63) is 70.9 Å². The minimum Gasteiger partial charge on any atom is -0.356 e. The molecule has 1 aromatic heterocycles. The zero-order valence-corrected chi connectivity index (χ0v) is 19.0. The van der Waals surface area contributed by atoms with Crippen LogP contribution in [0, 0.1) is 12.7 Å². The summed E-state index contributed by atoms with van der Waals surface area (Å²) in [5.74, 6) is 2.00. The summed E-state index contributed by atoms with van der Waals surface area (Å²) in [4.78, 5) is 20.4. The molecule has 0 radical (unpaired) electrons. The standard InChI is InChI=1S/C24H26ClFN6/c1-16-20(21-7-6-18(26)15-22(21)25)5-3-4-11-28-24(29-16)31-19-9-13-32(14-10-19)23-8-12-27-17(2)30-23/h3-8,12,15,19H,9-11,13-14H2,1-2H3,(H,28,31)/b4-3+,20-5?,29-16?. The molecule has 1 aromatic carbocycles. The molecule has 3 heterocycles. The minimum atomic E-state index is -0.361. The highest BCUT2D eigenvalue weighted by Crippen LogP contribution is 2.26. The second-order valence-electron chi connectivity index (χ2n) is 7.86. The Balaban J connectivity index is 1.46. The number of aromatic nitrogens is 2. The van der Waals surface area contributed by atoms with Gasteiger partial charge in [0, 0.05) is 42.2 Å². The van der Waals surface area contributed by atoms with Crippen molar-refractivity contribution in [3.63, 3.8) is 0 Å². The number of nitrogens with one attached hydrogen (secondary N) is 1. The summed E-state index contributed by atoms with van der Waals surface area (Å²) in [6.07, 6.45) is 9.56. The van der Waals surface area contributed by atoms with Gasteiger partial charge < -0.3 is 10.2 Å². The van der Waals surface area contributed by atoms with Gasteiger partial charge in [0.05, 0.1) is 11.6 Å². The SMILES string of the molecule is CC1=NC(NC2CCN(c3ccnc(C)n3)CC2)=NC/C=C/C=C1c1ccc(F)cc1Cl. The molecule has 8 heteroatoms. The van der Waals surface area contributed by atoms with Crippen LogP contribution >= 0.6 is 11.6 Å². The van der Waals surface area contributed by atoms with Gasteiger partial charge in [0.1, 0.15) is 17.5 Å². The highest BCUT2D eigenvalue weighted by atomic mass is 35.5. The molecular weight excluding hydrogens is 427 g/mol. The minimum absolute atomic E-state index is 0.274. The lowest BCUT2D eigenvalue weighted by Gasteiger charge is -2.33. The van der Waals surface area contributed by atoms with E-state index in [4.69, 9.17) is 16.6 Å². The lowest BCUT2D eigenvalue weighted by molar-refractivity contribution is 0.462. The molecular formula is C24H26ClFN6. The maximum absolute atomic E-state index is 13.5. The van der Waals surface area contributed by atoms with Crippen molar-refractivity contribution in [1.82, 2.24) is 15.3 Å². The highest BCUT2D eigenvalue weighted by Gasteiger charge is 2.21. The first kappa shape index (κ1) is 22.1. The molecule has 0 unspecified atom stereocenters. The number of halogens is 2. The molecule has 2 aliphatic rings. The van der Waals surface area contributed by atoms with Gasteiger partial charge in [-0.05, 0) is 51.0 Å². The van der Waals surface area contributed by atoms with Crippen molar-refractivity contribution in [3.8, 4) is 0 Å². The molecule has 0 spiro atoms. The van der Waals surface area contributed by atoms with Crippen LogP contribution in [0.3, 0.4) is 0 Å². The third-order valence-electron chi connectivity index (χ3n) is 5.54. The van der Waals surface area contributed by atoms with Crippen molar-refractivity contribution >= 4 is 34.7 Å². The van der Waals surface area contributed by atoms with Crippen molar-refractivity contribution in [2.45, 2.75) is 32.7 Å². The van der Waals surface area contributed by atoms with Gasteiger partial charge in [0.2, 0.25) is 5.96 Å². The summed E-state index contributed by atoms with van der Waals surface area (Å²) in [5, 5.41) is 3.87. The van der Waals surface area contributed by atoms with E-state index in [-0.39, 0.29) is 11.9 Å². The molecule has 32 heavy (non-hydrogen) atoms. The molecule has 1 N–H and O–H groups in total. The van der Waals surface area contributed by atoms with Crippen molar-refractivity contribution in [2.24, 2.45) is 9.98 Å². The first-order valence-electron chi connectivity index (χ1n) is 10.7. The van der Waals surface area contributed by atoms with Gasteiger partial charge in [0.15, 0.2) is 0 Å². The van der Waals surface area contributed by atoms with Gasteiger partial charge in [-0.15, -0.1) is 0 Å². The summed E-state index contributed by atoms with van der Waals surface area (Å²) < 4.78 is 13.5. The Hall–Kier alpha value is -3.06. The third kappa shape index (κ3) is 5.40. The predicted molar refractivity (Wildman–Crippen MR) is 129 cm³/mol. The number of benzene rings is 1. The third-order valence-corrected chi connectivity index (χ3v) is 5.86. The van der Waals surface area contributed by atoms with Gasteiger partial charge in [-0.1, -0.05) is 29.8 Å². The highest BCUT2D eigenvalue weighted by molar-refractivity contribution is 6.36. The fraction of sp³-hybridized carbons (Fsp3) is 0.333. The van der Waals surface area contributed by atoms with E-state index in [1.54, 1.807) is 12.3 Å². The van der Waals surface area contributed by atoms with E-state index in [0.717, 1.165) is 54.4 Å². The first-order chi connectivity index (χ1) is 15.5. The molecule has 0 saturated carbocycles. The molecule has 0 aliphatic carbocycles. The van der Waals surface area contributed by atoms with E-state index in [2.05, 4.69) is 25.2 Å². The second-order valence-corrected chi connectivity index (χ2v) is 8.27. The quantitative estimate of drug-likeness (QED) is 0.738. The topological polar surface area (TPSA) is 65.8 Å². The lowest BCUT2D eigenvalue weighted by atomic mass is 10.0. The van der Waals surface area contributed by atoms with Crippen LogP contribution in [0.2, 0.25) is 5.02 Å². The van der Waals surface area contributed by atoms with E-state index < -0.39 is 0 Å². The molecule has 166 valence electrons. The van der Waals surface area contributed by atoms with Crippen LogP contribution in [0.4, 0.5) is 10.2 Å². The number of aliphatic imine (C=N–C) groups is 2.